The molecule has 0 saturated carbocycles. The number of anilines is 1. The Labute approximate surface area is 182 Å². The van der Waals surface area contributed by atoms with Crippen LogP contribution in [0.4, 0.5) is 11.5 Å². The van der Waals surface area contributed by atoms with Gasteiger partial charge in [-0.2, -0.15) is 5.10 Å². The van der Waals surface area contributed by atoms with Crippen LogP contribution < -0.4 is 5.01 Å². The molecule has 150 valence electrons. The minimum Gasteiger partial charge on any atom is -0.257 e. The summed E-state index contributed by atoms with van der Waals surface area (Å²) >= 11 is 0. The molecule has 1 unspecified atom stereocenters. The lowest BCUT2D eigenvalue weighted by Gasteiger charge is -2.24. The van der Waals surface area contributed by atoms with Gasteiger partial charge in [-0.1, -0.05) is 78.9 Å². The molecule has 0 amide bonds. The summed E-state index contributed by atoms with van der Waals surface area (Å²) in [6, 6.07) is 35.2. The van der Waals surface area contributed by atoms with Gasteiger partial charge in [-0.05, 0) is 41.0 Å². The van der Waals surface area contributed by atoms with Crippen LogP contribution in [0.25, 0.3) is 0 Å². The van der Waals surface area contributed by atoms with E-state index in [0.29, 0.717) is 5.82 Å². The van der Waals surface area contributed by atoms with E-state index in [0.717, 1.165) is 23.4 Å². The van der Waals surface area contributed by atoms with E-state index < -0.39 is 0 Å². The molecule has 0 saturated heterocycles. The second kappa shape index (κ2) is 8.76. The molecule has 4 nitrogen and oxygen atoms in total. The Bertz CT molecular complexity index is 1180. The average molecular weight is 403 g/mol. The molecule has 0 bridgehead atoms. The molecule has 4 aromatic rings. The smallest absolute Gasteiger partial charge is 0.151 e. The molecule has 31 heavy (non-hydrogen) atoms. The summed E-state index contributed by atoms with van der Waals surface area (Å²) in [7, 11) is 0. The van der Waals surface area contributed by atoms with Crippen molar-refractivity contribution >= 4 is 23.4 Å². The van der Waals surface area contributed by atoms with Crippen LogP contribution in [-0.2, 0) is 0 Å². The topological polar surface area (TPSA) is 40.9 Å². The minimum atomic E-state index is 0.171. The van der Waals surface area contributed by atoms with Gasteiger partial charge in [-0.3, -0.25) is 5.01 Å². The van der Waals surface area contributed by atoms with E-state index in [-0.39, 0.29) is 6.04 Å². The Morgan fingerprint density at radius 1 is 0.774 bits per heavy atom. The van der Waals surface area contributed by atoms with E-state index in [4.69, 9.17) is 5.10 Å². The molecule has 2 heterocycles. The second-order valence-electron chi connectivity index (χ2n) is 7.43. The Hall–Kier alpha value is -4.05. The average Bonchev–Trinajstić information content (AvgIpc) is 3.30. The first-order valence-corrected chi connectivity index (χ1v) is 10.4. The zero-order chi connectivity index (χ0) is 20.9. The van der Waals surface area contributed by atoms with Gasteiger partial charge in [0.25, 0.3) is 0 Å². The number of nitrogens with zero attached hydrogens (tertiary/aromatic N) is 4. The van der Waals surface area contributed by atoms with Crippen LogP contribution in [0.5, 0.6) is 0 Å². The summed E-state index contributed by atoms with van der Waals surface area (Å²) in [5.74, 6) is 0.701. The maximum atomic E-state index is 5.02. The molecular formula is C27H22N4. The lowest BCUT2D eigenvalue weighted by atomic mass is 9.98. The van der Waals surface area contributed by atoms with Crippen LogP contribution in [0.2, 0.25) is 0 Å². The van der Waals surface area contributed by atoms with Crippen LogP contribution in [0.1, 0.15) is 29.2 Å². The van der Waals surface area contributed by atoms with Crippen molar-refractivity contribution in [2.45, 2.75) is 12.5 Å². The Morgan fingerprint density at radius 2 is 1.48 bits per heavy atom. The van der Waals surface area contributed by atoms with Gasteiger partial charge in [0, 0.05) is 18.8 Å². The van der Waals surface area contributed by atoms with Gasteiger partial charge >= 0.3 is 0 Å². The second-order valence-corrected chi connectivity index (χ2v) is 7.43. The van der Waals surface area contributed by atoms with Gasteiger partial charge in [-0.15, -0.1) is 0 Å². The van der Waals surface area contributed by atoms with Gasteiger partial charge in [0.2, 0.25) is 0 Å². The fourth-order valence-electron chi connectivity index (χ4n) is 3.77. The largest absolute Gasteiger partial charge is 0.257 e. The first-order valence-electron chi connectivity index (χ1n) is 10.4. The van der Waals surface area contributed by atoms with Crippen LogP contribution in [0, 0.1) is 0 Å². The third kappa shape index (κ3) is 4.28. The zero-order valence-corrected chi connectivity index (χ0v) is 17.0. The number of hydrogen-bond acceptors (Lipinski definition) is 4. The third-order valence-electron chi connectivity index (χ3n) is 5.35. The Morgan fingerprint density at radius 3 is 2.19 bits per heavy atom. The summed E-state index contributed by atoms with van der Waals surface area (Å²) in [5, 5.41) is 7.15. The Balaban J connectivity index is 1.44. The van der Waals surface area contributed by atoms with Crippen molar-refractivity contribution < 1.29 is 0 Å². The standard InChI is InChI=1S/C27H22N4/c1-3-9-22(10-4-1)25-19-26(23-11-5-2-6-12-23)31(30-25)24-16-14-21(15-17-24)20-29-27-13-7-8-18-28-27/h1-18,20,26H,19H2/b29-20+. The van der Waals surface area contributed by atoms with E-state index >= 15 is 0 Å². The van der Waals surface area contributed by atoms with Crippen molar-refractivity contribution in [1.82, 2.24) is 4.98 Å². The molecule has 1 atom stereocenters. The zero-order valence-electron chi connectivity index (χ0n) is 17.0. The van der Waals surface area contributed by atoms with Gasteiger partial charge in [0.1, 0.15) is 0 Å². The van der Waals surface area contributed by atoms with Crippen LogP contribution >= 0.6 is 0 Å². The van der Waals surface area contributed by atoms with Gasteiger partial charge in [-0.25, -0.2) is 9.98 Å². The highest BCUT2D eigenvalue weighted by Gasteiger charge is 2.29. The van der Waals surface area contributed by atoms with E-state index in [2.05, 4.69) is 93.8 Å². The number of aliphatic imine (C=N–C) groups is 1. The molecule has 1 aromatic heterocycles. The molecule has 3 aromatic carbocycles. The van der Waals surface area contributed by atoms with Crippen molar-refractivity contribution in [3.05, 3.63) is 126 Å². The molecule has 1 aliphatic heterocycles. The van der Waals surface area contributed by atoms with Crippen LogP contribution in [-0.4, -0.2) is 16.9 Å². The number of benzene rings is 3. The first-order chi connectivity index (χ1) is 15.4. The molecule has 1 aliphatic rings. The van der Waals surface area contributed by atoms with Crippen molar-refractivity contribution in [2.75, 3.05) is 5.01 Å². The monoisotopic (exact) mass is 402 g/mol. The first kappa shape index (κ1) is 18.9. The molecular weight excluding hydrogens is 380 g/mol. The maximum Gasteiger partial charge on any atom is 0.151 e. The van der Waals surface area contributed by atoms with Gasteiger partial charge < -0.3 is 0 Å². The lowest BCUT2D eigenvalue weighted by Crippen LogP contribution is -2.18. The molecule has 5 rings (SSSR count). The van der Waals surface area contributed by atoms with E-state index in [1.165, 1.54) is 11.1 Å². The molecule has 0 spiro atoms. The molecule has 0 aliphatic carbocycles. The number of hydrazone groups is 1. The number of pyridine rings is 1. The summed E-state index contributed by atoms with van der Waals surface area (Å²) in [4.78, 5) is 8.67. The fraction of sp³-hybridized carbons (Fsp3) is 0.0741. The van der Waals surface area contributed by atoms with Crippen molar-refractivity contribution in [1.29, 1.82) is 0 Å². The van der Waals surface area contributed by atoms with Gasteiger partial charge in [0.05, 0.1) is 17.4 Å². The normalized spacial score (nSPS) is 15.9. The summed E-state index contributed by atoms with van der Waals surface area (Å²) in [6.45, 7) is 0. The van der Waals surface area contributed by atoms with Crippen molar-refractivity contribution in [3.8, 4) is 0 Å². The van der Waals surface area contributed by atoms with Gasteiger partial charge in [0.15, 0.2) is 5.82 Å². The highest BCUT2D eigenvalue weighted by atomic mass is 15.5. The summed E-state index contributed by atoms with van der Waals surface area (Å²) in [5.41, 5.74) is 5.63. The van der Waals surface area contributed by atoms with E-state index in [1.807, 2.05) is 30.5 Å². The number of aromatic nitrogens is 1. The van der Waals surface area contributed by atoms with Crippen molar-refractivity contribution in [3.63, 3.8) is 0 Å². The van der Waals surface area contributed by atoms with Crippen LogP contribution in [0.15, 0.2) is 119 Å². The predicted molar refractivity (Wildman–Crippen MR) is 127 cm³/mol. The quantitative estimate of drug-likeness (QED) is 0.374. The van der Waals surface area contributed by atoms with Crippen molar-refractivity contribution in [2.24, 2.45) is 10.1 Å². The van der Waals surface area contributed by atoms with E-state index in [1.54, 1.807) is 6.20 Å². The fourth-order valence-corrected chi connectivity index (χ4v) is 3.77. The Kier molecular flexibility index (Phi) is 5.35. The highest BCUT2D eigenvalue weighted by Crippen LogP contribution is 2.36. The predicted octanol–water partition coefficient (Wildman–Crippen LogP) is 6.19. The highest BCUT2D eigenvalue weighted by molar-refractivity contribution is 6.03. The molecule has 0 N–H and O–H groups in total. The number of hydrogen-bond donors (Lipinski definition) is 0. The molecule has 0 fully saturated rings. The van der Waals surface area contributed by atoms with E-state index in [9.17, 15) is 0 Å². The lowest BCUT2D eigenvalue weighted by molar-refractivity contribution is 0.709. The molecule has 0 radical (unpaired) electrons. The minimum absolute atomic E-state index is 0.171. The van der Waals surface area contributed by atoms with Crippen LogP contribution in [0.3, 0.4) is 0 Å². The third-order valence-corrected chi connectivity index (χ3v) is 5.35. The number of rotatable bonds is 5. The summed E-state index contributed by atoms with van der Waals surface area (Å²) < 4.78 is 0. The molecule has 4 heteroatoms. The SMILES string of the molecule is C(=N\c1ccccn1)/c1ccc(N2N=C(c3ccccc3)CC2c2ccccc2)cc1. The summed E-state index contributed by atoms with van der Waals surface area (Å²) in [6.07, 6.45) is 4.45. The maximum absolute atomic E-state index is 5.02.